The fourth-order valence-electron chi connectivity index (χ4n) is 8.52. The van der Waals surface area contributed by atoms with Crippen LogP contribution < -0.4 is 0 Å². The zero-order chi connectivity index (χ0) is 54.3. The van der Waals surface area contributed by atoms with E-state index in [4.69, 9.17) is 28.4 Å². The standard InChI is InChI=1S/C64H119NO8/c1-14-15-44-65(45-20-16-18-22-47-68-61(66)36-38-63(70-49-40-57(10)32-24-28-53(2)3)71-50-41-58(11)33-25-29-54(4)5)46-21-17-19-23-48-69-62(67)37-39-64(72-51-42-59(12)34-26-30-55(6)7)73-52-43-60(13)35-27-31-56(8)9/h28-31,57-60,63-64H,14-27,32-52H2,1-13H3. The zero-order valence-electron chi connectivity index (χ0n) is 50.2. The average Bonchev–Trinajstić information content (AvgIpc) is 3.32. The molecule has 9 nitrogen and oxygen atoms in total. The lowest BCUT2D eigenvalue weighted by molar-refractivity contribution is -0.161. The molecule has 428 valence electrons. The highest BCUT2D eigenvalue weighted by Crippen LogP contribution is 2.19. The van der Waals surface area contributed by atoms with Crippen molar-refractivity contribution < 1.29 is 38.0 Å². The Hall–Kier alpha value is -2.30. The van der Waals surface area contributed by atoms with Crippen LogP contribution in [0.4, 0.5) is 0 Å². The van der Waals surface area contributed by atoms with E-state index in [0.717, 1.165) is 148 Å². The lowest BCUT2D eigenvalue weighted by atomic mass is 10.0. The molecule has 0 radical (unpaired) electrons. The van der Waals surface area contributed by atoms with Crippen LogP contribution in [0.25, 0.3) is 0 Å². The Labute approximate surface area is 452 Å². The van der Waals surface area contributed by atoms with Gasteiger partial charge in [-0.1, -0.05) is 113 Å². The minimum Gasteiger partial charge on any atom is -0.466 e. The summed E-state index contributed by atoms with van der Waals surface area (Å²) in [6.07, 6.45) is 34.1. The largest absolute Gasteiger partial charge is 0.466 e. The summed E-state index contributed by atoms with van der Waals surface area (Å²) in [7, 11) is 0. The number of allylic oxidation sites excluding steroid dienone is 8. The maximum atomic E-state index is 12.8. The number of ether oxygens (including phenoxy) is 6. The highest BCUT2D eigenvalue weighted by Gasteiger charge is 2.17. The summed E-state index contributed by atoms with van der Waals surface area (Å²) in [4.78, 5) is 28.2. The van der Waals surface area contributed by atoms with E-state index in [-0.39, 0.29) is 24.5 Å². The summed E-state index contributed by atoms with van der Waals surface area (Å²) in [6.45, 7) is 35.5. The molecule has 0 saturated heterocycles. The summed E-state index contributed by atoms with van der Waals surface area (Å²) < 4.78 is 36.2. The van der Waals surface area contributed by atoms with Crippen LogP contribution in [0, 0.1) is 23.7 Å². The molecule has 0 aliphatic rings. The van der Waals surface area contributed by atoms with Crippen molar-refractivity contribution in [3.05, 3.63) is 46.6 Å². The van der Waals surface area contributed by atoms with Gasteiger partial charge >= 0.3 is 11.9 Å². The van der Waals surface area contributed by atoms with Gasteiger partial charge in [-0.05, 0) is 208 Å². The Morgan fingerprint density at radius 3 is 0.945 bits per heavy atom. The molecule has 9 heteroatoms. The molecule has 0 saturated carbocycles. The highest BCUT2D eigenvalue weighted by atomic mass is 16.7. The van der Waals surface area contributed by atoms with Crippen molar-refractivity contribution in [3.63, 3.8) is 0 Å². The Morgan fingerprint density at radius 1 is 0.370 bits per heavy atom. The summed E-state index contributed by atoms with van der Waals surface area (Å²) in [6, 6.07) is 0. The maximum Gasteiger partial charge on any atom is 0.305 e. The van der Waals surface area contributed by atoms with Crippen LogP contribution in [0.5, 0.6) is 0 Å². The first-order valence-electron chi connectivity index (χ1n) is 30.0. The maximum absolute atomic E-state index is 12.8. The number of hydrogen-bond donors (Lipinski definition) is 0. The van der Waals surface area contributed by atoms with Crippen LogP contribution in [0.3, 0.4) is 0 Å². The monoisotopic (exact) mass is 1030 g/mol. The number of carbonyl (C=O) groups is 2. The number of unbranched alkanes of at least 4 members (excludes halogenated alkanes) is 7. The number of esters is 2. The van der Waals surface area contributed by atoms with E-state index in [1.165, 1.54) is 35.1 Å². The van der Waals surface area contributed by atoms with Gasteiger partial charge in [-0.2, -0.15) is 0 Å². The lowest BCUT2D eigenvalue weighted by Crippen LogP contribution is -2.27. The second-order valence-corrected chi connectivity index (χ2v) is 22.9. The van der Waals surface area contributed by atoms with Crippen LogP contribution in [-0.2, 0) is 38.0 Å². The van der Waals surface area contributed by atoms with Gasteiger partial charge in [0.2, 0.25) is 0 Å². The third-order valence-corrected chi connectivity index (χ3v) is 13.8. The van der Waals surface area contributed by atoms with Crippen LogP contribution >= 0.6 is 0 Å². The fraction of sp³-hybridized carbons (Fsp3) is 0.844. The summed E-state index contributed by atoms with van der Waals surface area (Å²) in [5.41, 5.74) is 5.48. The first kappa shape index (κ1) is 70.7. The van der Waals surface area contributed by atoms with Crippen LogP contribution in [0.15, 0.2) is 46.6 Å². The van der Waals surface area contributed by atoms with E-state index in [2.05, 4.69) is 119 Å². The van der Waals surface area contributed by atoms with Gasteiger partial charge in [-0.25, -0.2) is 0 Å². The molecular formula is C64H119NO8. The van der Waals surface area contributed by atoms with Gasteiger partial charge in [0.25, 0.3) is 0 Å². The normalized spacial score (nSPS) is 13.9. The van der Waals surface area contributed by atoms with Crippen LogP contribution in [0.1, 0.15) is 257 Å². The molecule has 0 aliphatic heterocycles. The molecule has 0 N–H and O–H groups in total. The molecule has 0 aromatic heterocycles. The number of rotatable bonds is 51. The quantitative estimate of drug-likeness (QED) is 0.0256. The summed E-state index contributed by atoms with van der Waals surface area (Å²) in [5.74, 6) is 2.00. The molecule has 0 aromatic carbocycles. The third kappa shape index (κ3) is 50.3. The first-order chi connectivity index (χ1) is 35.0. The summed E-state index contributed by atoms with van der Waals surface area (Å²) in [5, 5.41) is 0. The molecule has 0 bridgehead atoms. The lowest BCUT2D eigenvalue weighted by Gasteiger charge is -2.22. The van der Waals surface area contributed by atoms with E-state index in [0.29, 0.717) is 89.0 Å². The molecule has 73 heavy (non-hydrogen) atoms. The molecule has 4 atom stereocenters. The van der Waals surface area contributed by atoms with Crippen molar-refractivity contribution in [1.82, 2.24) is 4.90 Å². The van der Waals surface area contributed by atoms with Gasteiger partial charge in [0, 0.05) is 39.3 Å². The van der Waals surface area contributed by atoms with Gasteiger partial charge in [-0.3, -0.25) is 9.59 Å². The number of carbonyl (C=O) groups excluding carboxylic acids is 2. The fourth-order valence-corrected chi connectivity index (χ4v) is 8.52. The zero-order valence-corrected chi connectivity index (χ0v) is 50.2. The summed E-state index contributed by atoms with van der Waals surface area (Å²) >= 11 is 0. The molecule has 0 heterocycles. The van der Waals surface area contributed by atoms with E-state index in [9.17, 15) is 9.59 Å². The average molecular weight is 1030 g/mol. The highest BCUT2D eigenvalue weighted by molar-refractivity contribution is 5.69. The van der Waals surface area contributed by atoms with Crippen molar-refractivity contribution in [1.29, 1.82) is 0 Å². The SMILES string of the molecule is CCCCN(CCCCCCOC(=O)CCC(OCCC(C)CCC=C(C)C)OCCC(C)CCC=C(C)C)CCCCCCOC(=O)CCC(OCCC(C)CCC=C(C)C)OCCC(C)CCC=C(C)C. The van der Waals surface area contributed by atoms with E-state index in [1.54, 1.807) is 0 Å². The Morgan fingerprint density at radius 2 is 0.658 bits per heavy atom. The van der Waals surface area contributed by atoms with E-state index in [1.807, 2.05) is 0 Å². The van der Waals surface area contributed by atoms with Gasteiger partial charge < -0.3 is 33.3 Å². The smallest absolute Gasteiger partial charge is 0.305 e. The Bertz CT molecular complexity index is 1250. The predicted molar refractivity (Wildman–Crippen MR) is 310 cm³/mol. The molecule has 0 spiro atoms. The van der Waals surface area contributed by atoms with Crippen molar-refractivity contribution in [2.75, 3.05) is 59.3 Å². The molecule has 0 aliphatic carbocycles. The van der Waals surface area contributed by atoms with E-state index < -0.39 is 0 Å². The molecule has 0 fully saturated rings. The van der Waals surface area contributed by atoms with Crippen LogP contribution in [-0.4, -0.2) is 88.7 Å². The minimum absolute atomic E-state index is 0.157. The molecule has 0 aromatic rings. The van der Waals surface area contributed by atoms with Crippen molar-refractivity contribution >= 4 is 11.9 Å². The van der Waals surface area contributed by atoms with Crippen molar-refractivity contribution in [2.24, 2.45) is 23.7 Å². The topological polar surface area (TPSA) is 92.8 Å². The molecule has 4 unspecified atom stereocenters. The predicted octanol–water partition coefficient (Wildman–Crippen LogP) is 17.7. The first-order valence-corrected chi connectivity index (χ1v) is 30.0. The van der Waals surface area contributed by atoms with Gasteiger partial charge in [0.05, 0.1) is 26.1 Å². The van der Waals surface area contributed by atoms with Crippen LogP contribution in [0.2, 0.25) is 0 Å². The minimum atomic E-state index is -0.377. The van der Waals surface area contributed by atoms with E-state index >= 15 is 0 Å². The van der Waals surface area contributed by atoms with Gasteiger partial charge in [0.1, 0.15) is 0 Å². The Balaban J connectivity index is 4.57. The number of hydrogen-bond acceptors (Lipinski definition) is 9. The van der Waals surface area contributed by atoms with Gasteiger partial charge in [-0.15, -0.1) is 0 Å². The third-order valence-electron chi connectivity index (χ3n) is 13.8. The molecule has 0 rings (SSSR count). The van der Waals surface area contributed by atoms with Gasteiger partial charge in [0.15, 0.2) is 12.6 Å². The Kier molecular flexibility index (Phi) is 47.7. The number of nitrogens with zero attached hydrogens (tertiary/aromatic N) is 1. The second kappa shape index (κ2) is 49.3. The molecular weight excluding hydrogens is 911 g/mol. The molecule has 0 amide bonds. The second-order valence-electron chi connectivity index (χ2n) is 22.9. The van der Waals surface area contributed by atoms with Crippen molar-refractivity contribution in [2.45, 2.75) is 270 Å². The van der Waals surface area contributed by atoms with Crippen molar-refractivity contribution in [3.8, 4) is 0 Å².